The lowest BCUT2D eigenvalue weighted by molar-refractivity contribution is -0.124. The van der Waals surface area contributed by atoms with Crippen molar-refractivity contribution in [3.05, 3.63) is 28.8 Å². The third-order valence-corrected chi connectivity index (χ3v) is 6.57. The molecular formula is C17H27N3O3S. The summed E-state index contributed by atoms with van der Waals surface area (Å²) in [5.41, 5.74) is 2.49. The molecule has 1 unspecified atom stereocenters. The Morgan fingerprint density at radius 1 is 1.21 bits per heavy atom. The molecule has 1 heterocycles. The summed E-state index contributed by atoms with van der Waals surface area (Å²) >= 11 is 0. The van der Waals surface area contributed by atoms with Crippen LogP contribution in [0.3, 0.4) is 0 Å². The Hall–Kier alpha value is -1.44. The fraction of sp³-hybridized carbons (Fsp3) is 0.588. The lowest BCUT2D eigenvalue weighted by atomic mass is 10.1. The molecule has 2 rings (SSSR count). The molecule has 0 spiro atoms. The summed E-state index contributed by atoms with van der Waals surface area (Å²) in [5, 5.41) is 5.76. The first-order valence-corrected chi connectivity index (χ1v) is 9.75. The molecule has 1 saturated heterocycles. The highest BCUT2D eigenvalue weighted by Crippen LogP contribution is 2.30. The number of rotatable bonds is 6. The van der Waals surface area contributed by atoms with E-state index < -0.39 is 16.1 Å². The van der Waals surface area contributed by atoms with Crippen molar-refractivity contribution < 1.29 is 13.2 Å². The maximum Gasteiger partial charge on any atom is 0.244 e. The number of hydrogen-bond donors (Lipinski definition) is 2. The van der Waals surface area contributed by atoms with Gasteiger partial charge in [0.2, 0.25) is 15.9 Å². The molecule has 1 aliphatic rings. The lowest BCUT2D eigenvalue weighted by Crippen LogP contribution is -2.47. The van der Waals surface area contributed by atoms with Crippen LogP contribution in [0.5, 0.6) is 0 Å². The predicted octanol–water partition coefficient (Wildman–Crippen LogP) is 1.10. The SMILES string of the molecule is CNCCNC(=O)C1CCCN1S(=O)(=O)c1c(C)cc(C)cc1C. The van der Waals surface area contributed by atoms with E-state index in [-0.39, 0.29) is 5.91 Å². The molecular weight excluding hydrogens is 326 g/mol. The van der Waals surface area contributed by atoms with E-state index in [0.717, 1.165) is 16.7 Å². The number of amides is 1. The van der Waals surface area contributed by atoms with Crippen molar-refractivity contribution in [1.29, 1.82) is 0 Å². The number of benzene rings is 1. The summed E-state index contributed by atoms with van der Waals surface area (Å²) in [5.74, 6) is -0.214. The molecule has 0 radical (unpaired) electrons. The zero-order chi connectivity index (χ0) is 17.9. The average molecular weight is 353 g/mol. The Bertz CT molecular complexity index is 693. The standard InChI is InChI=1S/C17H27N3O3S/c1-12-10-13(2)16(14(3)11-12)24(22,23)20-9-5-6-15(20)17(21)19-8-7-18-4/h10-11,15,18H,5-9H2,1-4H3,(H,19,21). The lowest BCUT2D eigenvalue weighted by Gasteiger charge is -2.25. The normalized spacial score (nSPS) is 18.8. The Morgan fingerprint density at radius 2 is 1.83 bits per heavy atom. The number of sulfonamides is 1. The van der Waals surface area contributed by atoms with Gasteiger partial charge in [0, 0.05) is 19.6 Å². The molecule has 1 aliphatic heterocycles. The second-order valence-electron chi connectivity index (χ2n) is 6.40. The number of carbonyl (C=O) groups is 1. The van der Waals surface area contributed by atoms with E-state index in [1.807, 2.05) is 32.9 Å². The van der Waals surface area contributed by atoms with E-state index in [1.165, 1.54) is 4.31 Å². The van der Waals surface area contributed by atoms with Crippen LogP contribution in [-0.4, -0.2) is 51.4 Å². The van der Waals surface area contributed by atoms with Crippen LogP contribution in [0, 0.1) is 20.8 Å². The molecule has 0 saturated carbocycles. The molecule has 1 atom stereocenters. The second-order valence-corrected chi connectivity index (χ2v) is 8.22. The predicted molar refractivity (Wildman–Crippen MR) is 94.5 cm³/mol. The minimum atomic E-state index is -3.68. The Balaban J connectivity index is 2.30. The molecule has 2 N–H and O–H groups in total. The fourth-order valence-electron chi connectivity index (χ4n) is 3.41. The summed E-state index contributed by atoms with van der Waals surface area (Å²) in [6, 6.07) is 3.13. The van der Waals surface area contributed by atoms with Gasteiger partial charge < -0.3 is 10.6 Å². The van der Waals surface area contributed by atoms with E-state index in [2.05, 4.69) is 10.6 Å². The van der Waals surface area contributed by atoms with Crippen LogP contribution >= 0.6 is 0 Å². The molecule has 7 heteroatoms. The largest absolute Gasteiger partial charge is 0.353 e. The highest BCUT2D eigenvalue weighted by molar-refractivity contribution is 7.89. The zero-order valence-electron chi connectivity index (χ0n) is 14.8. The van der Waals surface area contributed by atoms with Gasteiger partial charge in [-0.05, 0) is 51.8 Å². The van der Waals surface area contributed by atoms with E-state index in [9.17, 15) is 13.2 Å². The van der Waals surface area contributed by atoms with Gasteiger partial charge in [-0.2, -0.15) is 4.31 Å². The van der Waals surface area contributed by atoms with Crippen LogP contribution < -0.4 is 10.6 Å². The van der Waals surface area contributed by atoms with Crippen LogP contribution in [0.15, 0.2) is 17.0 Å². The van der Waals surface area contributed by atoms with Crippen LogP contribution in [0.4, 0.5) is 0 Å². The minimum absolute atomic E-state index is 0.214. The molecule has 1 amide bonds. The van der Waals surface area contributed by atoms with Crippen molar-refractivity contribution in [3.8, 4) is 0 Å². The molecule has 134 valence electrons. The monoisotopic (exact) mass is 353 g/mol. The number of hydrogen-bond acceptors (Lipinski definition) is 4. The first kappa shape index (κ1) is 18.9. The Morgan fingerprint density at radius 3 is 2.42 bits per heavy atom. The van der Waals surface area contributed by atoms with Crippen LogP contribution in [0.2, 0.25) is 0 Å². The topological polar surface area (TPSA) is 78.5 Å². The summed E-state index contributed by atoms with van der Waals surface area (Å²) in [7, 11) is -1.88. The molecule has 24 heavy (non-hydrogen) atoms. The number of aryl methyl sites for hydroxylation is 3. The van der Waals surface area contributed by atoms with Gasteiger partial charge in [0.05, 0.1) is 4.90 Å². The van der Waals surface area contributed by atoms with Gasteiger partial charge in [0.15, 0.2) is 0 Å². The fourth-order valence-corrected chi connectivity index (χ4v) is 5.48. The first-order valence-electron chi connectivity index (χ1n) is 8.31. The van der Waals surface area contributed by atoms with Gasteiger partial charge in [-0.15, -0.1) is 0 Å². The van der Waals surface area contributed by atoms with E-state index in [0.29, 0.717) is 37.4 Å². The maximum absolute atomic E-state index is 13.2. The van der Waals surface area contributed by atoms with Gasteiger partial charge in [0.25, 0.3) is 0 Å². The van der Waals surface area contributed by atoms with E-state index in [1.54, 1.807) is 7.05 Å². The van der Waals surface area contributed by atoms with Crippen molar-refractivity contribution in [2.45, 2.75) is 44.6 Å². The summed E-state index contributed by atoms with van der Waals surface area (Å²) in [6.45, 7) is 7.10. The molecule has 0 aromatic heterocycles. The molecule has 0 aliphatic carbocycles. The summed E-state index contributed by atoms with van der Waals surface area (Å²) in [6.07, 6.45) is 1.27. The van der Waals surface area contributed by atoms with Crippen LogP contribution in [0.1, 0.15) is 29.5 Å². The minimum Gasteiger partial charge on any atom is -0.353 e. The van der Waals surface area contributed by atoms with Gasteiger partial charge in [-0.25, -0.2) is 8.42 Å². The third kappa shape index (κ3) is 3.79. The molecule has 1 aromatic carbocycles. The van der Waals surface area contributed by atoms with Gasteiger partial charge in [-0.3, -0.25) is 4.79 Å². The zero-order valence-corrected chi connectivity index (χ0v) is 15.7. The molecule has 0 bridgehead atoms. The maximum atomic E-state index is 13.2. The van der Waals surface area contributed by atoms with E-state index >= 15 is 0 Å². The summed E-state index contributed by atoms with van der Waals surface area (Å²) in [4.78, 5) is 12.7. The van der Waals surface area contributed by atoms with Crippen LogP contribution in [0.25, 0.3) is 0 Å². The average Bonchev–Trinajstić information content (AvgIpc) is 2.96. The van der Waals surface area contributed by atoms with Gasteiger partial charge >= 0.3 is 0 Å². The smallest absolute Gasteiger partial charge is 0.244 e. The van der Waals surface area contributed by atoms with Crippen molar-refractivity contribution in [2.24, 2.45) is 0 Å². The van der Waals surface area contributed by atoms with Gasteiger partial charge in [0.1, 0.15) is 6.04 Å². The van der Waals surface area contributed by atoms with Crippen molar-refractivity contribution in [1.82, 2.24) is 14.9 Å². The number of carbonyl (C=O) groups excluding carboxylic acids is 1. The quantitative estimate of drug-likeness (QED) is 0.751. The Kier molecular flexibility index (Phi) is 6.01. The van der Waals surface area contributed by atoms with E-state index in [4.69, 9.17) is 0 Å². The second kappa shape index (κ2) is 7.63. The summed E-state index contributed by atoms with van der Waals surface area (Å²) < 4.78 is 27.7. The van der Waals surface area contributed by atoms with Crippen molar-refractivity contribution in [3.63, 3.8) is 0 Å². The van der Waals surface area contributed by atoms with Crippen molar-refractivity contribution >= 4 is 15.9 Å². The highest BCUT2D eigenvalue weighted by atomic mass is 32.2. The first-order chi connectivity index (χ1) is 11.3. The number of nitrogens with one attached hydrogen (secondary N) is 2. The van der Waals surface area contributed by atoms with Crippen molar-refractivity contribution in [2.75, 3.05) is 26.7 Å². The third-order valence-electron chi connectivity index (χ3n) is 4.35. The highest BCUT2D eigenvalue weighted by Gasteiger charge is 2.40. The Labute approximate surface area is 144 Å². The molecule has 6 nitrogen and oxygen atoms in total. The molecule has 1 fully saturated rings. The molecule has 1 aromatic rings. The number of nitrogens with zero attached hydrogens (tertiary/aromatic N) is 1. The van der Waals surface area contributed by atoms with Gasteiger partial charge in [-0.1, -0.05) is 17.7 Å². The van der Waals surface area contributed by atoms with Crippen LogP contribution in [-0.2, 0) is 14.8 Å². The number of likely N-dealkylation sites (N-methyl/N-ethyl adjacent to an activating group) is 1.